The van der Waals surface area contributed by atoms with Crippen molar-refractivity contribution in [2.75, 3.05) is 13.2 Å². The maximum absolute atomic E-state index is 11.2. The van der Waals surface area contributed by atoms with Crippen molar-refractivity contribution in [3.05, 3.63) is 71.8 Å². The maximum Gasteiger partial charge on any atom is 0.0942 e. The van der Waals surface area contributed by atoms with Gasteiger partial charge in [-0.3, -0.25) is 0 Å². The van der Waals surface area contributed by atoms with Crippen molar-refractivity contribution in [2.45, 2.75) is 51.7 Å². The Bertz CT molecular complexity index is 609. The van der Waals surface area contributed by atoms with Gasteiger partial charge in [-0.25, -0.2) is 0 Å². The van der Waals surface area contributed by atoms with Gasteiger partial charge in [-0.05, 0) is 23.0 Å². The van der Waals surface area contributed by atoms with E-state index in [9.17, 15) is 10.2 Å². The monoisotopic (exact) mass is 370 g/mol. The molecule has 2 N–H and O–H groups in total. The van der Waals surface area contributed by atoms with Crippen molar-refractivity contribution in [2.24, 2.45) is 11.8 Å². The number of ether oxygens (including phenoxy) is 1. The lowest BCUT2D eigenvalue weighted by molar-refractivity contribution is -0.125. The van der Waals surface area contributed by atoms with Gasteiger partial charge < -0.3 is 14.9 Å². The summed E-state index contributed by atoms with van der Waals surface area (Å²) in [5.74, 6) is 0.0814. The summed E-state index contributed by atoms with van der Waals surface area (Å²) < 4.78 is 5.93. The molecule has 2 rings (SSSR count). The summed E-state index contributed by atoms with van der Waals surface area (Å²) in [6, 6.07) is 20.0. The first-order valence-corrected chi connectivity index (χ1v) is 9.85. The Hall–Kier alpha value is -1.68. The van der Waals surface area contributed by atoms with E-state index in [0.717, 1.165) is 11.1 Å². The van der Waals surface area contributed by atoms with E-state index in [1.54, 1.807) is 0 Å². The molecule has 3 heteroatoms. The minimum absolute atomic E-state index is 0.0407. The molecule has 0 aliphatic rings. The van der Waals surface area contributed by atoms with E-state index >= 15 is 0 Å². The predicted octanol–water partition coefficient (Wildman–Crippen LogP) is 4.26. The highest BCUT2D eigenvalue weighted by molar-refractivity contribution is 5.18. The van der Waals surface area contributed by atoms with Gasteiger partial charge in [0.2, 0.25) is 0 Å². The summed E-state index contributed by atoms with van der Waals surface area (Å²) in [7, 11) is 0. The summed E-state index contributed by atoms with van der Waals surface area (Å²) in [4.78, 5) is 0. The lowest BCUT2D eigenvalue weighted by Crippen LogP contribution is -2.47. The molecule has 0 saturated carbocycles. The Morgan fingerprint density at radius 3 is 1.30 bits per heavy atom. The van der Waals surface area contributed by atoms with E-state index in [4.69, 9.17) is 4.74 Å². The van der Waals surface area contributed by atoms with E-state index in [1.165, 1.54) is 0 Å². The second-order valence-electron chi connectivity index (χ2n) is 8.33. The van der Waals surface area contributed by atoms with Crippen LogP contribution in [0.1, 0.15) is 38.8 Å². The number of hydrogen-bond donors (Lipinski definition) is 2. The van der Waals surface area contributed by atoms with Gasteiger partial charge in [-0.1, -0.05) is 88.4 Å². The SMILES string of the molecule is CC(C)C(O)(COCC(O)(Cc1ccccc1)C(C)C)Cc1ccccc1. The van der Waals surface area contributed by atoms with Crippen molar-refractivity contribution < 1.29 is 14.9 Å². The molecule has 0 radical (unpaired) electrons. The summed E-state index contributed by atoms with van der Waals surface area (Å²) in [5.41, 5.74) is 0.235. The van der Waals surface area contributed by atoms with Crippen molar-refractivity contribution in [1.82, 2.24) is 0 Å². The Morgan fingerprint density at radius 1 is 0.667 bits per heavy atom. The fraction of sp³-hybridized carbons (Fsp3) is 0.500. The summed E-state index contributed by atoms with van der Waals surface area (Å²) >= 11 is 0. The quantitative estimate of drug-likeness (QED) is 0.657. The first kappa shape index (κ1) is 21.6. The van der Waals surface area contributed by atoms with Crippen LogP contribution in [0.4, 0.5) is 0 Å². The van der Waals surface area contributed by atoms with Gasteiger partial charge in [-0.15, -0.1) is 0 Å². The summed E-state index contributed by atoms with van der Waals surface area (Å²) in [6.45, 7) is 8.42. The molecule has 0 amide bonds. The van der Waals surface area contributed by atoms with Gasteiger partial charge in [0.15, 0.2) is 0 Å². The zero-order chi connectivity index (χ0) is 19.9. The largest absolute Gasteiger partial charge is 0.387 e. The molecule has 27 heavy (non-hydrogen) atoms. The molecule has 3 nitrogen and oxygen atoms in total. The average Bonchev–Trinajstić information content (AvgIpc) is 2.63. The molecule has 0 heterocycles. The van der Waals surface area contributed by atoms with Gasteiger partial charge in [0, 0.05) is 12.8 Å². The van der Waals surface area contributed by atoms with E-state index < -0.39 is 11.2 Å². The van der Waals surface area contributed by atoms with Crippen LogP contribution in [0.2, 0.25) is 0 Å². The van der Waals surface area contributed by atoms with Gasteiger partial charge in [0.05, 0.1) is 24.4 Å². The molecule has 0 aromatic heterocycles. The molecule has 2 atom stereocenters. The minimum Gasteiger partial charge on any atom is -0.387 e. The molecule has 0 saturated heterocycles. The van der Waals surface area contributed by atoms with Crippen LogP contribution in [-0.2, 0) is 17.6 Å². The van der Waals surface area contributed by atoms with E-state index in [-0.39, 0.29) is 25.0 Å². The van der Waals surface area contributed by atoms with Crippen LogP contribution in [0.3, 0.4) is 0 Å². The first-order chi connectivity index (χ1) is 12.8. The molecular formula is C24H34O3. The molecule has 0 bridgehead atoms. The zero-order valence-electron chi connectivity index (χ0n) is 17.1. The maximum atomic E-state index is 11.2. The normalized spacial score (nSPS) is 16.3. The molecule has 2 unspecified atom stereocenters. The van der Waals surface area contributed by atoms with Crippen molar-refractivity contribution in [3.63, 3.8) is 0 Å². The van der Waals surface area contributed by atoms with Gasteiger partial charge in [0.1, 0.15) is 0 Å². The Morgan fingerprint density at radius 2 is 1.00 bits per heavy atom. The van der Waals surface area contributed by atoms with Crippen LogP contribution < -0.4 is 0 Å². The number of rotatable bonds is 10. The van der Waals surface area contributed by atoms with Gasteiger partial charge in [-0.2, -0.15) is 0 Å². The highest BCUT2D eigenvalue weighted by atomic mass is 16.5. The van der Waals surface area contributed by atoms with E-state index in [1.807, 2.05) is 88.4 Å². The van der Waals surface area contributed by atoms with Crippen LogP contribution in [0.15, 0.2) is 60.7 Å². The van der Waals surface area contributed by atoms with Crippen LogP contribution >= 0.6 is 0 Å². The third-order valence-electron chi connectivity index (χ3n) is 5.56. The van der Waals surface area contributed by atoms with Crippen LogP contribution in [0, 0.1) is 11.8 Å². The fourth-order valence-electron chi connectivity index (χ4n) is 3.15. The number of hydrogen-bond acceptors (Lipinski definition) is 3. The van der Waals surface area contributed by atoms with Crippen molar-refractivity contribution in [1.29, 1.82) is 0 Å². The predicted molar refractivity (Wildman–Crippen MR) is 111 cm³/mol. The fourth-order valence-corrected chi connectivity index (χ4v) is 3.15. The van der Waals surface area contributed by atoms with Gasteiger partial charge >= 0.3 is 0 Å². The second kappa shape index (κ2) is 9.50. The van der Waals surface area contributed by atoms with E-state index in [0.29, 0.717) is 12.8 Å². The first-order valence-electron chi connectivity index (χ1n) is 9.85. The number of benzene rings is 2. The zero-order valence-corrected chi connectivity index (χ0v) is 17.1. The molecule has 2 aromatic carbocycles. The van der Waals surface area contributed by atoms with Crippen LogP contribution in [-0.4, -0.2) is 34.6 Å². The standard InChI is InChI=1S/C24H34O3/c1-19(2)23(25,15-21-11-7-5-8-12-21)17-27-18-24(26,20(3)4)16-22-13-9-6-10-14-22/h5-14,19-20,25-26H,15-18H2,1-4H3. The number of aliphatic hydroxyl groups is 2. The lowest BCUT2D eigenvalue weighted by Gasteiger charge is -2.36. The smallest absolute Gasteiger partial charge is 0.0942 e. The van der Waals surface area contributed by atoms with Crippen molar-refractivity contribution in [3.8, 4) is 0 Å². The summed E-state index contributed by atoms with van der Waals surface area (Å²) in [5, 5.41) is 22.3. The molecule has 0 spiro atoms. The Balaban J connectivity index is 2.02. The minimum atomic E-state index is -0.966. The lowest BCUT2D eigenvalue weighted by atomic mass is 9.84. The molecule has 148 valence electrons. The van der Waals surface area contributed by atoms with Crippen LogP contribution in [0.5, 0.6) is 0 Å². The molecule has 0 fully saturated rings. The highest BCUT2D eigenvalue weighted by Gasteiger charge is 2.35. The third-order valence-corrected chi connectivity index (χ3v) is 5.56. The van der Waals surface area contributed by atoms with E-state index in [2.05, 4.69) is 0 Å². The Kier molecular flexibility index (Phi) is 7.60. The second-order valence-corrected chi connectivity index (χ2v) is 8.33. The summed E-state index contributed by atoms with van der Waals surface area (Å²) in [6.07, 6.45) is 1.06. The van der Waals surface area contributed by atoms with Gasteiger partial charge in [0.25, 0.3) is 0 Å². The average molecular weight is 371 g/mol. The third kappa shape index (κ3) is 6.17. The molecule has 0 aliphatic heterocycles. The molecular weight excluding hydrogens is 336 g/mol. The molecule has 2 aromatic rings. The van der Waals surface area contributed by atoms with Crippen molar-refractivity contribution >= 4 is 0 Å². The molecule has 0 aliphatic carbocycles. The van der Waals surface area contributed by atoms with Crippen LogP contribution in [0.25, 0.3) is 0 Å². The highest BCUT2D eigenvalue weighted by Crippen LogP contribution is 2.26. The topological polar surface area (TPSA) is 49.7 Å². The Labute approximate surface area is 164 Å².